The molecule has 2 aliphatic heterocycles. The van der Waals surface area contributed by atoms with Gasteiger partial charge in [-0.05, 0) is 23.6 Å². The Kier molecular flexibility index (Phi) is 3.64. The van der Waals surface area contributed by atoms with E-state index in [4.69, 9.17) is 0 Å². The van der Waals surface area contributed by atoms with Gasteiger partial charge in [0, 0.05) is 50.1 Å². The molecular weight excluding hydrogens is 336 g/mol. The first-order chi connectivity index (χ1) is 13.1. The third kappa shape index (κ3) is 2.29. The zero-order valence-corrected chi connectivity index (χ0v) is 15.6. The smallest absolute Gasteiger partial charge is 0.227 e. The van der Waals surface area contributed by atoms with Gasteiger partial charge in [-0.2, -0.15) is 0 Å². The van der Waals surface area contributed by atoms with Gasteiger partial charge >= 0.3 is 0 Å². The van der Waals surface area contributed by atoms with Gasteiger partial charge in [0.15, 0.2) is 0 Å². The third-order valence-corrected chi connectivity index (χ3v) is 6.94. The van der Waals surface area contributed by atoms with Crippen LogP contribution in [0.5, 0.6) is 0 Å². The van der Waals surface area contributed by atoms with Gasteiger partial charge < -0.3 is 9.80 Å². The highest BCUT2D eigenvalue weighted by Crippen LogP contribution is 2.57. The highest BCUT2D eigenvalue weighted by atomic mass is 16.2. The fourth-order valence-electron chi connectivity index (χ4n) is 5.71. The molecule has 0 radical (unpaired) electrons. The van der Waals surface area contributed by atoms with Gasteiger partial charge in [0.2, 0.25) is 5.91 Å². The average Bonchev–Trinajstić information content (AvgIpc) is 2.93. The maximum Gasteiger partial charge on any atom is 0.227 e. The van der Waals surface area contributed by atoms with E-state index in [0.717, 1.165) is 18.5 Å². The number of carbonyl (C=O) groups excluding carboxylic acids is 2. The second-order valence-electron chi connectivity index (χ2n) is 8.18. The molecule has 0 aromatic heterocycles. The molecule has 4 heteroatoms. The molecule has 2 fully saturated rings. The van der Waals surface area contributed by atoms with Crippen LogP contribution in [-0.2, 0) is 21.5 Å². The molecule has 1 saturated carbocycles. The van der Waals surface area contributed by atoms with Crippen molar-refractivity contribution in [3.63, 3.8) is 0 Å². The average molecular weight is 360 g/mol. The predicted molar refractivity (Wildman–Crippen MR) is 105 cm³/mol. The first-order valence-electron chi connectivity index (χ1n) is 9.78. The van der Waals surface area contributed by atoms with Gasteiger partial charge in [0.1, 0.15) is 5.78 Å². The van der Waals surface area contributed by atoms with Crippen LogP contribution < -0.4 is 4.90 Å². The number of anilines is 1. The Balaban J connectivity index is 1.54. The number of rotatable bonds is 2. The number of Topliss-reactive ketones (excluding diaryl/α,β-unsaturated/α-hetero) is 1. The molecule has 1 amide bonds. The van der Waals surface area contributed by atoms with Crippen LogP contribution in [0.1, 0.15) is 30.4 Å². The van der Waals surface area contributed by atoms with E-state index in [1.807, 2.05) is 29.2 Å². The molecule has 2 aromatic carbocycles. The number of hydrogen-bond donors (Lipinski definition) is 0. The van der Waals surface area contributed by atoms with Crippen molar-refractivity contribution in [1.29, 1.82) is 0 Å². The number of nitrogens with zero attached hydrogens (tertiary/aromatic N) is 2. The van der Waals surface area contributed by atoms with Crippen molar-refractivity contribution in [2.75, 3.05) is 18.5 Å². The highest BCUT2D eigenvalue weighted by Gasteiger charge is 2.61. The maximum atomic E-state index is 13.5. The number of benzene rings is 2. The molecular formula is C23H24N2O2. The van der Waals surface area contributed by atoms with Gasteiger partial charge in [-0.1, -0.05) is 48.5 Å². The minimum atomic E-state index is -0.243. The Hall–Kier alpha value is -2.62. The lowest BCUT2D eigenvalue weighted by Crippen LogP contribution is -2.62. The topological polar surface area (TPSA) is 40.6 Å². The maximum absolute atomic E-state index is 13.5. The molecule has 0 unspecified atom stereocenters. The number of ketones is 1. The summed E-state index contributed by atoms with van der Waals surface area (Å²) in [5, 5.41) is 0. The second-order valence-corrected chi connectivity index (χ2v) is 8.18. The predicted octanol–water partition coefficient (Wildman–Crippen LogP) is 3.15. The number of piperidine rings is 1. The van der Waals surface area contributed by atoms with Crippen LogP contribution in [0.4, 0.5) is 5.69 Å². The number of hydrogen-bond acceptors (Lipinski definition) is 3. The molecule has 0 N–H and O–H groups in total. The quantitative estimate of drug-likeness (QED) is 0.826. The van der Waals surface area contributed by atoms with Crippen molar-refractivity contribution >= 4 is 17.4 Å². The summed E-state index contributed by atoms with van der Waals surface area (Å²) in [5.74, 6) is 0.121. The fourth-order valence-corrected chi connectivity index (χ4v) is 5.71. The van der Waals surface area contributed by atoms with E-state index in [0.29, 0.717) is 19.4 Å². The second kappa shape index (κ2) is 5.95. The van der Waals surface area contributed by atoms with Crippen LogP contribution in [0, 0.1) is 5.92 Å². The van der Waals surface area contributed by atoms with Crippen LogP contribution >= 0.6 is 0 Å². The lowest BCUT2D eigenvalue weighted by Gasteiger charge is -2.51. The summed E-state index contributed by atoms with van der Waals surface area (Å²) in [7, 11) is 2.08. The molecule has 0 bridgehead atoms. The van der Waals surface area contributed by atoms with E-state index in [9.17, 15) is 9.59 Å². The zero-order valence-electron chi connectivity index (χ0n) is 15.6. The lowest BCUT2D eigenvalue weighted by atomic mass is 9.57. The van der Waals surface area contributed by atoms with Crippen molar-refractivity contribution < 1.29 is 9.59 Å². The van der Waals surface area contributed by atoms with Crippen LogP contribution in [0.3, 0.4) is 0 Å². The molecule has 27 heavy (non-hydrogen) atoms. The lowest BCUT2D eigenvalue weighted by molar-refractivity contribution is -0.149. The normalized spacial score (nSPS) is 29.4. The van der Waals surface area contributed by atoms with Crippen LogP contribution in [0.25, 0.3) is 0 Å². The standard InChI is InChI=1S/C23H24N2O2/c1-24-20-10-6-5-9-18(20)23-11-12-25(15-16-7-3-2-4-8-16)22(27)19(23)13-17(26)14-21(23)24/h2-10,19,21H,11-15H2,1H3/t19-,21-,23+/m0/s1. The zero-order chi connectivity index (χ0) is 18.6. The molecule has 1 spiro atoms. The van der Waals surface area contributed by atoms with Crippen molar-refractivity contribution in [3.05, 3.63) is 65.7 Å². The van der Waals surface area contributed by atoms with Crippen LogP contribution in [-0.4, -0.2) is 36.2 Å². The molecule has 2 aromatic rings. The van der Waals surface area contributed by atoms with Crippen molar-refractivity contribution in [2.45, 2.75) is 37.3 Å². The first kappa shape index (κ1) is 16.5. The number of para-hydroxylation sites is 1. The summed E-state index contributed by atoms with van der Waals surface area (Å²) in [6, 6.07) is 18.7. The van der Waals surface area contributed by atoms with Gasteiger partial charge in [0.25, 0.3) is 0 Å². The Morgan fingerprint density at radius 1 is 1.00 bits per heavy atom. The SMILES string of the molecule is CN1c2ccccc2[C@]23CCN(Cc4ccccc4)C(=O)[C@@H]2CC(=O)C[C@H]13. The van der Waals surface area contributed by atoms with E-state index in [1.54, 1.807) is 0 Å². The van der Waals surface area contributed by atoms with E-state index < -0.39 is 0 Å². The largest absolute Gasteiger partial charge is 0.370 e. The van der Waals surface area contributed by atoms with Crippen LogP contribution in [0.2, 0.25) is 0 Å². The Labute approximate surface area is 159 Å². The number of carbonyl (C=O) groups is 2. The fraction of sp³-hybridized carbons (Fsp3) is 0.391. The van der Waals surface area contributed by atoms with Gasteiger partial charge in [-0.15, -0.1) is 0 Å². The van der Waals surface area contributed by atoms with Gasteiger partial charge in [-0.25, -0.2) is 0 Å². The number of amides is 1. The van der Waals surface area contributed by atoms with Crippen molar-refractivity contribution in [2.24, 2.45) is 5.92 Å². The number of likely N-dealkylation sites (tertiary alicyclic amines) is 1. The summed E-state index contributed by atoms with van der Waals surface area (Å²) in [5.41, 5.74) is 3.38. The molecule has 3 atom stereocenters. The summed E-state index contributed by atoms with van der Waals surface area (Å²) in [6.07, 6.45) is 1.85. The molecule has 1 aliphatic carbocycles. The summed E-state index contributed by atoms with van der Waals surface area (Å²) >= 11 is 0. The Morgan fingerprint density at radius 2 is 1.74 bits per heavy atom. The minimum Gasteiger partial charge on any atom is -0.370 e. The van der Waals surface area contributed by atoms with Crippen molar-refractivity contribution in [1.82, 2.24) is 4.90 Å². The summed E-state index contributed by atoms with van der Waals surface area (Å²) in [6.45, 7) is 1.37. The van der Waals surface area contributed by atoms with E-state index in [-0.39, 0.29) is 29.1 Å². The molecule has 1 saturated heterocycles. The summed E-state index contributed by atoms with van der Waals surface area (Å²) < 4.78 is 0. The van der Waals surface area contributed by atoms with Gasteiger partial charge in [-0.3, -0.25) is 9.59 Å². The van der Waals surface area contributed by atoms with Gasteiger partial charge in [0.05, 0.1) is 5.92 Å². The minimum absolute atomic E-state index is 0.101. The van der Waals surface area contributed by atoms with Crippen molar-refractivity contribution in [3.8, 4) is 0 Å². The number of likely N-dealkylation sites (N-methyl/N-ethyl adjacent to an activating group) is 1. The number of fused-ring (bicyclic) bond motifs is 1. The van der Waals surface area contributed by atoms with E-state index in [1.165, 1.54) is 11.3 Å². The molecule has 2 heterocycles. The Bertz CT molecular complexity index is 910. The first-order valence-corrected chi connectivity index (χ1v) is 9.78. The Morgan fingerprint density at radius 3 is 2.56 bits per heavy atom. The molecule has 4 nitrogen and oxygen atoms in total. The molecule has 3 aliphatic rings. The molecule has 5 rings (SSSR count). The monoisotopic (exact) mass is 360 g/mol. The van der Waals surface area contributed by atoms with E-state index in [2.05, 4.69) is 42.3 Å². The third-order valence-electron chi connectivity index (χ3n) is 6.94. The van der Waals surface area contributed by atoms with Crippen LogP contribution in [0.15, 0.2) is 54.6 Å². The summed E-state index contributed by atoms with van der Waals surface area (Å²) in [4.78, 5) is 30.3. The van der Waals surface area contributed by atoms with E-state index >= 15 is 0 Å². The molecule has 138 valence electrons. The highest BCUT2D eigenvalue weighted by molar-refractivity contribution is 5.93.